The number of rotatable bonds is 10. The third kappa shape index (κ3) is 8.11. The van der Waals surface area contributed by atoms with Crippen molar-refractivity contribution in [2.24, 2.45) is 5.92 Å². The molecule has 1 rings (SSSR count). The van der Waals surface area contributed by atoms with E-state index in [1.807, 2.05) is 13.8 Å². The highest BCUT2D eigenvalue weighted by atomic mass is 35.5. The highest BCUT2D eigenvalue weighted by Gasteiger charge is 2.25. The van der Waals surface area contributed by atoms with E-state index in [0.29, 0.717) is 13.1 Å². The number of benzene rings is 1. The van der Waals surface area contributed by atoms with Crippen molar-refractivity contribution in [2.75, 3.05) is 19.6 Å². The number of carbonyl (C=O) groups excluding carboxylic acids is 2. The van der Waals surface area contributed by atoms with Crippen LogP contribution in [-0.2, 0) is 4.79 Å². The minimum atomic E-state index is -0.736. The molecule has 1 unspecified atom stereocenters. The van der Waals surface area contributed by atoms with Crippen molar-refractivity contribution < 1.29 is 14.5 Å². The van der Waals surface area contributed by atoms with Crippen LogP contribution in [0.3, 0.4) is 0 Å². The Morgan fingerprint density at radius 2 is 1.89 bits per heavy atom. The van der Waals surface area contributed by atoms with Crippen LogP contribution in [0, 0.1) is 16.0 Å². The summed E-state index contributed by atoms with van der Waals surface area (Å²) >= 11 is 5.97. The van der Waals surface area contributed by atoms with Crippen molar-refractivity contribution in [3.05, 3.63) is 38.9 Å². The molecule has 10 heteroatoms. The molecule has 8 nitrogen and oxygen atoms in total. The molecule has 0 heterocycles. The second-order valence-corrected chi connectivity index (χ2v) is 6.56. The maximum atomic E-state index is 12.4. The molecule has 0 spiro atoms. The predicted molar refractivity (Wildman–Crippen MR) is 108 cm³/mol. The van der Waals surface area contributed by atoms with Crippen molar-refractivity contribution in [3.63, 3.8) is 0 Å². The van der Waals surface area contributed by atoms with E-state index < -0.39 is 16.9 Å². The lowest BCUT2D eigenvalue weighted by Crippen LogP contribution is -2.50. The van der Waals surface area contributed by atoms with Crippen molar-refractivity contribution in [2.45, 2.75) is 33.2 Å². The SMILES string of the molecule is CCCNCCNC(=O)C(NC(=O)c1ccc([N+](=O)[O-])cc1Cl)C(C)C.Cl. The summed E-state index contributed by atoms with van der Waals surface area (Å²) in [7, 11) is 0. The molecule has 27 heavy (non-hydrogen) atoms. The Morgan fingerprint density at radius 1 is 1.22 bits per heavy atom. The Hall–Kier alpha value is -1.90. The Labute approximate surface area is 170 Å². The molecule has 0 fully saturated rings. The standard InChI is InChI=1S/C17H25ClN4O4.ClH/c1-4-7-19-8-9-20-17(24)15(11(2)3)21-16(23)13-6-5-12(22(25)26)10-14(13)18;/h5-6,10-11,15,19H,4,7-9H2,1-3H3,(H,20,24)(H,21,23);1H. The molecule has 0 saturated carbocycles. The fourth-order valence-electron chi connectivity index (χ4n) is 2.24. The van der Waals surface area contributed by atoms with Crippen LogP contribution in [0.15, 0.2) is 18.2 Å². The molecule has 0 aliphatic carbocycles. The maximum Gasteiger partial charge on any atom is 0.270 e. The zero-order valence-corrected chi connectivity index (χ0v) is 17.2. The summed E-state index contributed by atoms with van der Waals surface area (Å²) in [6, 6.07) is 2.85. The number of hydrogen-bond donors (Lipinski definition) is 3. The minimum Gasteiger partial charge on any atom is -0.353 e. The highest BCUT2D eigenvalue weighted by Crippen LogP contribution is 2.22. The first-order chi connectivity index (χ1) is 12.3. The average Bonchev–Trinajstić information content (AvgIpc) is 2.58. The van der Waals surface area contributed by atoms with Crippen molar-refractivity contribution in [3.8, 4) is 0 Å². The van der Waals surface area contributed by atoms with E-state index in [9.17, 15) is 19.7 Å². The quantitative estimate of drug-likeness (QED) is 0.305. The first-order valence-electron chi connectivity index (χ1n) is 8.51. The first-order valence-corrected chi connectivity index (χ1v) is 8.89. The lowest BCUT2D eigenvalue weighted by atomic mass is 10.0. The fourth-order valence-corrected chi connectivity index (χ4v) is 2.50. The van der Waals surface area contributed by atoms with E-state index in [2.05, 4.69) is 22.9 Å². The summed E-state index contributed by atoms with van der Waals surface area (Å²) in [4.78, 5) is 34.9. The normalized spacial score (nSPS) is 11.4. The second kappa shape index (κ2) is 12.5. The van der Waals surface area contributed by atoms with Gasteiger partial charge >= 0.3 is 0 Å². The van der Waals surface area contributed by atoms with Gasteiger partial charge in [-0.15, -0.1) is 12.4 Å². The van der Waals surface area contributed by atoms with Gasteiger partial charge in [-0.25, -0.2) is 0 Å². The predicted octanol–water partition coefficient (Wildman–Crippen LogP) is 2.54. The molecule has 0 bridgehead atoms. The number of nitrogens with one attached hydrogen (secondary N) is 3. The summed E-state index contributed by atoms with van der Waals surface area (Å²) in [5.74, 6) is -0.980. The molecule has 1 atom stereocenters. The third-order valence-electron chi connectivity index (χ3n) is 3.67. The smallest absolute Gasteiger partial charge is 0.270 e. The van der Waals surface area contributed by atoms with Gasteiger partial charge in [0.15, 0.2) is 0 Å². The van der Waals surface area contributed by atoms with Gasteiger partial charge in [0.2, 0.25) is 5.91 Å². The Kier molecular flexibility index (Phi) is 11.6. The largest absolute Gasteiger partial charge is 0.353 e. The highest BCUT2D eigenvalue weighted by molar-refractivity contribution is 6.34. The van der Waals surface area contributed by atoms with E-state index in [1.54, 1.807) is 0 Å². The number of nitrogens with zero attached hydrogens (tertiary/aromatic N) is 1. The Balaban J connectivity index is 0.00000676. The van der Waals surface area contributed by atoms with Gasteiger partial charge in [-0.05, 0) is 24.9 Å². The van der Waals surface area contributed by atoms with Crippen LogP contribution in [-0.4, -0.2) is 42.4 Å². The Bertz CT molecular complexity index is 656. The number of nitro benzene ring substituents is 1. The zero-order valence-electron chi connectivity index (χ0n) is 15.6. The number of hydrogen-bond acceptors (Lipinski definition) is 5. The molecule has 0 aliphatic heterocycles. The molecule has 3 N–H and O–H groups in total. The molecular formula is C17H26Cl2N4O4. The zero-order chi connectivity index (χ0) is 19.7. The van der Waals surface area contributed by atoms with Gasteiger partial charge in [0.1, 0.15) is 6.04 Å². The monoisotopic (exact) mass is 420 g/mol. The van der Waals surface area contributed by atoms with Crippen LogP contribution < -0.4 is 16.0 Å². The van der Waals surface area contributed by atoms with Crippen molar-refractivity contribution >= 4 is 41.5 Å². The van der Waals surface area contributed by atoms with Crippen LogP contribution in [0.5, 0.6) is 0 Å². The van der Waals surface area contributed by atoms with Gasteiger partial charge in [0.05, 0.1) is 15.5 Å². The number of carbonyl (C=O) groups is 2. The van der Waals surface area contributed by atoms with Crippen LogP contribution >= 0.6 is 24.0 Å². The van der Waals surface area contributed by atoms with Gasteiger partial charge in [-0.2, -0.15) is 0 Å². The van der Waals surface area contributed by atoms with Gasteiger partial charge in [0, 0.05) is 25.2 Å². The van der Waals surface area contributed by atoms with E-state index in [-0.39, 0.29) is 40.5 Å². The summed E-state index contributed by atoms with van der Waals surface area (Å²) in [6.45, 7) is 7.66. The average molecular weight is 421 g/mol. The van der Waals surface area contributed by atoms with Crippen molar-refractivity contribution in [1.29, 1.82) is 0 Å². The van der Waals surface area contributed by atoms with E-state index in [4.69, 9.17) is 11.6 Å². The molecule has 2 amide bonds. The molecule has 0 aromatic heterocycles. The van der Waals surface area contributed by atoms with Gasteiger partial charge < -0.3 is 16.0 Å². The minimum absolute atomic E-state index is 0. The molecule has 1 aromatic rings. The number of nitro groups is 1. The molecule has 152 valence electrons. The second-order valence-electron chi connectivity index (χ2n) is 6.16. The maximum absolute atomic E-state index is 12.4. The van der Waals surface area contributed by atoms with E-state index in [0.717, 1.165) is 19.0 Å². The lowest BCUT2D eigenvalue weighted by Gasteiger charge is -2.22. The summed E-state index contributed by atoms with van der Waals surface area (Å²) in [5, 5.41) is 19.3. The van der Waals surface area contributed by atoms with Crippen LogP contribution in [0.1, 0.15) is 37.6 Å². The fraction of sp³-hybridized carbons (Fsp3) is 0.529. The molecule has 1 aromatic carbocycles. The number of halogens is 2. The van der Waals surface area contributed by atoms with Gasteiger partial charge in [-0.3, -0.25) is 19.7 Å². The van der Waals surface area contributed by atoms with Crippen LogP contribution in [0.2, 0.25) is 5.02 Å². The van der Waals surface area contributed by atoms with Gasteiger partial charge in [-0.1, -0.05) is 32.4 Å². The topological polar surface area (TPSA) is 113 Å². The first kappa shape index (κ1) is 25.1. The number of non-ortho nitro benzene ring substituents is 1. The lowest BCUT2D eigenvalue weighted by molar-refractivity contribution is -0.384. The summed E-state index contributed by atoms with van der Waals surface area (Å²) in [6.07, 6.45) is 1.01. The van der Waals surface area contributed by atoms with Crippen LogP contribution in [0.25, 0.3) is 0 Å². The van der Waals surface area contributed by atoms with Crippen molar-refractivity contribution in [1.82, 2.24) is 16.0 Å². The van der Waals surface area contributed by atoms with E-state index >= 15 is 0 Å². The third-order valence-corrected chi connectivity index (χ3v) is 3.98. The summed E-state index contributed by atoms with van der Waals surface area (Å²) < 4.78 is 0. The molecule has 0 radical (unpaired) electrons. The molecular weight excluding hydrogens is 395 g/mol. The summed E-state index contributed by atoms with van der Waals surface area (Å²) in [5.41, 5.74) is -0.121. The number of amides is 2. The molecule has 0 aliphatic rings. The molecule has 0 saturated heterocycles. The Morgan fingerprint density at radius 3 is 2.41 bits per heavy atom. The van der Waals surface area contributed by atoms with Crippen LogP contribution in [0.4, 0.5) is 5.69 Å². The van der Waals surface area contributed by atoms with Gasteiger partial charge in [0.25, 0.3) is 11.6 Å². The van der Waals surface area contributed by atoms with E-state index in [1.165, 1.54) is 12.1 Å².